The van der Waals surface area contributed by atoms with Gasteiger partial charge in [0.15, 0.2) is 5.78 Å². The maximum Gasteiger partial charge on any atom is 0.155 e. The molecule has 8 unspecified atom stereocenters. The van der Waals surface area contributed by atoms with Crippen LogP contribution in [0.1, 0.15) is 106 Å². The summed E-state index contributed by atoms with van der Waals surface area (Å²) in [6, 6.07) is 0. The van der Waals surface area contributed by atoms with E-state index in [4.69, 9.17) is 0 Å². The number of carbonyl (C=O) groups is 1. The van der Waals surface area contributed by atoms with Crippen molar-refractivity contribution in [2.75, 3.05) is 0 Å². The van der Waals surface area contributed by atoms with E-state index in [1.165, 1.54) is 50.5 Å². The molecule has 4 aliphatic carbocycles. The Kier molecular flexibility index (Phi) is 6.15. The summed E-state index contributed by atoms with van der Waals surface area (Å²) < 4.78 is 0. The molecule has 0 amide bonds. The summed E-state index contributed by atoms with van der Waals surface area (Å²) in [6.07, 6.45) is 18.4. The zero-order valence-electron chi connectivity index (χ0n) is 21.5. The molecular weight excluding hydrogens is 376 g/mol. The molecule has 1 nitrogen and oxygen atoms in total. The quantitative estimate of drug-likeness (QED) is 0.405. The third kappa shape index (κ3) is 3.52. The predicted molar refractivity (Wildman–Crippen MR) is 132 cm³/mol. The van der Waals surface area contributed by atoms with E-state index in [0.29, 0.717) is 22.5 Å². The van der Waals surface area contributed by atoms with E-state index < -0.39 is 0 Å². The van der Waals surface area contributed by atoms with Crippen molar-refractivity contribution < 1.29 is 4.79 Å². The smallest absolute Gasteiger partial charge is 0.155 e. The van der Waals surface area contributed by atoms with Crippen LogP contribution in [0, 0.1) is 51.8 Å². The molecule has 4 rings (SSSR count). The van der Waals surface area contributed by atoms with Gasteiger partial charge in [0.05, 0.1) is 0 Å². The minimum Gasteiger partial charge on any atom is -0.295 e. The molecule has 1 heteroatoms. The number of rotatable bonds is 5. The molecule has 0 heterocycles. The van der Waals surface area contributed by atoms with Gasteiger partial charge in [-0.1, -0.05) is 66.2 Å². The van der Waals surface area contributed by atoms with Crippen molar-refractivity contribution in [1.29, 1.82) is 0 Å². The van der Waals surface area contributed by atoms with Gasteiger partial charge in [0.25, 0.3) is 0 Å². The molecule has 0 saturated heterocycles. The Morgan fingerprint density at radius 3 is 2.32 bits per heavy atom. The lowest BCUT2D eigenvalue weighted by Crippen LogP contribution is -2.55. The lowest BCUT2D eigenvalue weighted by molar-refractivity contribution is -0.125. The summed E-state index contributed by atoms with van der Waals surface area (Å²) >= 11 is 0. The number of carbonyl (C=O) groups excluding carboxylic acids is 1. The monoisotopic (exact) mass is 424 g/mol. The molecule has 0 radical (unpaired) electrons. The topological polar surface area (TPSA) is 17.1 Å². The third-order valence-electron chi connectivity index (χ3n) is 11.5. The SMILES string of the molecule is CCC(C=CC(C)C1CCC2(C)C3CCC4=CC(=O)CCC4(C)C3CCC12C)C(C)C. The van der Waals surface area contributed by atoms with E-state index in [1.807, 2.05) is 0 Å². The largest absolute Gasteiger partial charge is 0.295 e. The van der Waals surface area contributed by atoms with Crippen LogP contribution in [0.25, 0.3) is 0 Å². The normalized spacial score (nSPS) is 44.6. The van der Waals surface area contributed by atoms with Crippen LogP contribution in [0.5, 0.6) is 0 Å². The Labute approximate surface area is 192 Å². The van der Waals surface area contributed by atoms with Gasteiger partial charge in [0.1, 0.15) is 0 Å². The second-order valence-electron chi connectivity index (χ2n) is 12.9. The van der Waals surface area contributed by atoms with Gasteiger partial charge in [-0.25, -0.2) is 0 Å². The van der Waals surface area contributed by atoms with Gasteiger partial charge in [-0.15, -0.1) is 0 Å². The average molecular weight is 425 g/mol. The Bertz CT molecular complexity index is 758. The molecule has 3 saturated carbocycles. The van der Waals surface area contributed by atoms with E-state index in [9.17, 15) is 4.79 Å². The second-order valence-corrected chi connectivity index (χ2v) is 12.9. The van der Waals surface area contributed by atoms with Crippen LogP contribution < -0.4 is 0 Å². The van der Waals surface area contributed by atoms with Crippen LogP contribution >= 0.6 is 0 Å². The van der Waals surface area contributed by atoms with Crippen LogP contribution in [-0.2, 0) is 4.79 Å². The highest BCUT2D eigenvalue weighted by Crippen LogP contribution is 2.73. The standard InChI is InChI=1S/C30H48O/c1-8-22(20(2)3)10-9-21(4)25-14-17-30(7)27-12-11-23-19-24(31)13-16-28(23,5)26(27)15-18-29(25,30)6/h9-10,19-22,25-27H,8,11-18H2,1-7H3. The van der Waals surface area contributed by atoms with Crippen molar-refractivity contribution in [1.82, 2.24) is 0 Å². The van der Waals surface area contributed by atoms with Gasteiger partial charge in [0.2, 0.25) is 0 Å². The molecule has 0 aromatic carbocycles. The molecule has 4 aliphatic rings. The first-order chi connectivity index (χ1) is 14.6. The molecule has 31 heavy (non-hydrogen) atoms. The lowest BCUT2D eigenvalue weighted by Gasteiger charge is -2.63. The summed E-state index contributed by atoms with van der Waals surface area (Å²) in [5.74, 6) is 4.95. The van der Waals surface area contributed by atoms with Crippen LogP contribution in [-0.4, -0.2) is 5.78 Å². The maximum atomic E-state index is 12.1. The molecule has 0 aromatic rings. The molecule has 0 aliphatic heterocycles. The fourth-order valence-corrected chi connectivity index (χ4v) is 9.14. The van der Waals surface area contributed by atoms with Crippen LogP contribution in [0.2, 0.25) is 0 Å². The van der Waals surface area contributed by atoms with Gasteiger partial charge in [-0.05, 0) is 109 Å². The average Bonchev–Trinajstić information content (AvgIpc) is 3.00. The van der Waals surface area contributed by atoms with Crippen molar-refractivity contribution in [3.05, 3.63) is 23.8 Å². The van der Waals surface area contributed by atoms with Gasteiger partial charge in [-0.2, -0.15) is 0 Å². The Hall–Kier alpha value is -0.850. The van der Waals surface area contributed by atoms with E-state index >= 15 is 0 Å². The molecule has 0 bridgehead atoms. The highest BCUT2D eigenvalue weighted by atomic mass is 16.1. The fraction of sp³-hybridized carbons (Fsp3) is 0.833. The van der Waals surface area contributed by atoms with Gasteiger partial charge >= 0.3 is 0 Å². The van der Waals surface area contributed by atoms with E-state index in [1.54, 1.807) is 0 Å². The number of fused-ring (bicyclic) bond motifs is 5. The molecular formula is C30H48O. The minimum absolute atomic E-state index is 0.288. The summed E-state index contributed by atoms with van der Waals surface area (Å²) in [4.78, 5) is 12.1. The summed E-state index contributed by atoms with van der Waals surface area (Å²) in [5, 5.41) is 0. The van der Waals surface area contributed by atoms with E-state index in [-0.39, 0.29) is 5.41 Å². The maximum absolute atomic E-state index is 12.1. The van der Waals surface area contributed by atoms with Crippen molar-refractivity contribution in [2.45, 2.75) is 106 Å². The van der Waals surface area contributed by atoms with Crippen LogP contribution in [0.3, 0.4) is 0 Å². The van der Waals surface area contributed by atoms with Gasteiger partial charge in [0, 0.05) is 6.42 Å². The Morgan fingerprint density at radius 2 is 1.65 bits per heavy atom. The van der Waals surface area contributed by atoms with Crippen molar-refractivity contribution >= 4 is 5.78 Å². The van der Waals surface area contributed by atoms with E-state index in [2.05, 4.69) is 66.7 Å². The Morgan fingerprint density at radius 1 is 0.935 bits per heavy atom. The number of ketones is 1. The lowest BCUT2D eigenvalue weighted by atomic mass is 9.41. The molecule has 0 N–H and O–H groups in total. The van der Waals surface area contributed by atoms with Crippen LogP contribution in [0.4, 0.5) is 0 Å². The number of hydrogen-bond donors (Lipinski definition) is 0. The van der Waals surface area contributed by atoms with Crippen molar-refractivity contribution in [3.63, 3.8) is 0 Å². The molecule has 8 atom stereocenters. The second kappa shape index (κ2) is 8.18. The Balaban J connectivity index is 1.58. The predicted octanol–water partition coefficient (Wildman–Crippen LogP) is 8.40. The molecule has 174 valence electrons. The molecule has 0 aromatic heterocycles. The third-order valence-corrected chi connectivity index (χ3v) is 11.5. The number of hydrogen-bond acceptors (Lipinski definition) is 1. The van der Waals surface area contributed by atoms with Gasteiger partial charge in [-0.3, -0.25) is 4.79 Å². The van der Waals surface area contributed by atoms with Crippen molar-refractivity contribution in [2.24, 2.45) is 51.8 Å². The number of allylic oxidation sites excluding steroid dienone is 3. The van der Waals surface area contributed by atoms with E-state index in [0.717, 1.165) is 42.4 Å². The summed E-state index contributed by atoms with van der Waals surface area (Å²) in [6.45, 7) is 17.4. The zero-order valence-corrected chi connectivity index (χ0v) is 21.5. The summed E-state index contributed by atoms with van der Waals surface area (Å²) in [5.41, 5.74) is 2.71. The first-order valence-electron chi connectivity index (χ1n) is 13.5. The molecule has 3 fully saturated rings. The minimum atomic E-state index is 0.288. The summed E-state index contributed by atoms with van der Waals surface area (Å²) in [7, 11) is 0. The molecule has 0 spiro atoms. The highest BCUT2D eigenvalue weighted by molar-refractivity contribution is 5.91. The zero-order chi connectivity index (χ0) is 22.6. The van der Waals surface area contributed by atoms with Crippen LogP contribution in [0.15, 0.2) is 23.8 Å². The highest BCUT2D eigenvalue weighted by Gasteiger charge is 2.64. The van der Waals surface area contributed by atoms with Crippen molar-refractivity contribution in [3.8, 4) is 0 Å². The first-order valence-corrected chi connectivity index (χ1v) is 13.5. The van der Waals surface area contributed by atoms with Gasteiger partial charge < -0.3 is 0 Å². The first kappa shape index (κ1) is 23.3. The fourth-order valence-electron chi connectivity index (χ4n) is 9.14.